The van der Waals surface area contributed by atoms with Gasteiger partial charge in [0.05, 0.1) is 13.2 Å². The third kappa shape index (κ3) is 5.32. The smallest absolute Gasteiger partial charge is 0.122 e. The normalized spacial score (nSPS) is 12.8. The summed E-state index contributed by atoms with van der Waals surface area (Å²) in [6, 6.07) is 5.86. The maximum absolute atomic E-state index is 9.97. The zero-order valence-electron chi connectivity index (χ0n) is 10.4. The molecule has 17 heavy (non-hydrogen) atoms. The maximum atomic E-state index is 9.97. The van der Waals surface area contributed by atoms with Gasteiger partial charge < -0.3 is 9.84 Å². The van der Waals surface area contributed by atoms with Crippen molar-refractivity contribution in [1.29, 1.82) is 0 Å². The maximum Gasteiger partial charge on any atom is 0.122 e. The highest BCUT2D eigenvalue weighted by Gasteiger charge is 2.11. The average molecular weight is 319 g/mol. The Morgan fingerprint density at radius 3 is 2.71 bits per heavy atom. The van der Waals surface area contributed by atoms with E-state index in [1.165, 1.54) is 0 Å². The molecule has 0 aliphatic rings. The first-order valence-corrected chi connectivity index (χ1v) is 7.49. The zero-order chi connectivity index (χ0) is 12.8. The van der Waals surface area contributed by atoms with Crippen LogP contribution in [0, 0.1) is 0 Å². The molecule has 0 heterocycles. The molecule has 0 aliphatic carbocycles. The molecule has 0 amide bonds. The fourth-order valence-electron chi connectivity index (χ4n) is 1.52. The summed E-state index contributed by atoms with van der Waals surface area (Å²) >= 11 is 5.21. The Hall–Kier alpha value is -0.190. The Bertz CT molecular complexity index is 355. The van der Waals surface area contributed by atoms with Crippen LogP contribution in [0.3, 0.4) is 0 Å². The van der Waals surface area contributed by atoms with Gasteiger partial charge in [0.2, 0.25) is 0 Å². The predicted octanol–water partition coefficient (Wildman–Crippen LogP) is 3.50. The number of methoxy groups -OCH3 is 1. The van der Waals surface area contributed by atoms with Gasteiger partial charge in [-0.3, -0.25) is 0 Å². The van der Waals surface area contributed by atoms with E-state index >= 15 is 0 Å². The Morgan fingerprint density at radius 1 is 1.41 bits per heavy atom. The zero-order valence-corrected chi connectivity index (χ0v) is 12.8. The van der Waals surface area contributed by atoms with E-state index in [9.17, 15) is 5.11 Å². The van der Waals surface area contributed by atoms with E-state index in [0.717, 1.165) is 21.5 Å². The van der Waals surface area contributed by atoms with Crippen LogP contribution >= 0.6 is 27.7 Å². The highest BCUT2D eigenvalue weighted by Crippen LogP contribution is 2.25. The minimum atomic E-state index is -0.328. The molecule has 0 fully saturated rings. The number of thioether (sulfide) groups is 1. The molecule has 0 bridgehead atoms. The van der Waals surface area contributed by atoms with Gasteiger partial charge in [0.15, 0.2) is 0 Å². The van der Waals surface area contributed by atoms with Gasteiger partial charge in [0.25, 0.3) is 0 Å². The van der Waals surface area contributed by atoms with Crippen LogP contribution in [-0.2, 0) is 6.42 Å². The van der Waals surface area contributed by atoms with Crippen molar-refractivity contribution in [3.05, 3.63) is 28.2 Å². The average Bonchev–Trinajstić information content (AvgIpc) is 2.27. The molecule has 0 saturated heterocycles. The lowest BCUT2D eigenvalue weighted by Crippen LogP contribution is -2.15. The van der Waals surface area contributed by atoms with Crippen molar-refractivity contribution in [2.24, 2.45) is 0 Å². The van der Waals surface area contributed by atoms with Crippen molar-refractivity contribution in [3.8, 4) is 5.75 Å². The number of rotatable bonds is 6. The topological polar surface area (TPSA) is 29.5 Å². The van der Waals surface area contributed by atoms with Crippen LogP contribution in [-0.4, -0.2) is 29.3 Å². The third-order valence-electron chi connectivity index (χ3n) is 2.32. The van der Waals surface area contributed by atoms with E-state index in [1.807, 2.05) is 18.2 Å². The second-order valence-electron chi connectivity index (χ2n) is 4.20. The minimum absolute atomic E-state index is 0.328. The molecule has 1 aromatic rings. The highest BCUT2D eigenvalue weighted by molar-refractivity contribution is 9.10. The monoisotopic (exact) mass is 318 g/mol. The quantitative estimate of drug-likeness (QED) is 0.870. The molecule has 0 saturated carbocycles. The number of hydrogen-bond acceptors (Lipinski definition) is 3. The van der Waals surface area contributed by atoms with Crippen molar-refractivity contribution in [2.75, 3.05) is 12.9 Å². The SMILES string of the molecule is COc1ccc(Br)cc1CC(O)CSC(C)C. The van der Waals surface area contributed by atoms with Crippen LogP contribution in [0.5, 0.6) is 5.75 Å². The fraction of sp³-hybridized carbons (Fsp3) is 0.538. The molecule has 1 unspecified atom stereocenters. The van der Waals surface area contributed by atoms with Crippen LogP contribution in [0.4, 0.5) is 0 Å². The van der Waals surface area contributed by atoms with Crippen LogP contribution in [0.2, 0.25) is 0 Å². The molecule has 0 radical (unpaired) electrons. The van der Waals surface area contributed by atoms with Gasteiger partial charge >= 0.3 is 0 Å². The third-order valence-corrected chi connectivity index (χ3v) is 4.06. The number of aliphatic hydroxyl groups is 1. The number of hydrogen-bond donors (Lipinski definition) is 1. The van der Waals surface area contributed by atoms with Crippen LogP contribution in [0.25, 0.3) is 0 Å². The molecule has 96 valence electrons. The van der Waals surface area contributed by atoms with Crippen LogP contribution < -0.4 is 4.74 Å². The second kappa shape index (κ2) is 7.29. The summed E-state index contributed by atoms with van der Waals surface area (Å²) in [5.41, 5.74) is 1.04. The van der Waals surface area contributed by atoms with E-state index < -0.39 is 0 Å². The molecule has 4 heteroatoms. The Labute approximate surface area is 116 Å². The van der Waals surface area contributed by atoms with E-state index in [1.54, 1.807) is 18.9 Å². The molecule has 1 N–H and O–H groups in total. The van der Waals surface area contributed by atoms with Gasteiger partial charge in [0, 0.05) is 16.6 Å². The molecule has 1 rings (SSSR count). The largest absolute Gasteiger partial charge is 0.496 e. The van der Waals surface area contributed by atoms with E-state index in [4.69, 9.17) is 4.74 Å². The number of ether oxygens (including phenoxy) is 1. The van der Waals surface area contributed by atoms with Gasteiger partial charge in [0.1, 0.15) is 5.75 Å². The van der Waals surface area contributed by atoms with Crippen molar-refractivity contribution in [1.82, 2.24) is 0 Å². The summed E-state index contributed by atoms with van der Waals surface area (Å²) in [6.07, 6.45) is 0.299. The summed E-state index contributed by atoms with van der Waals surface area (Å²) in [6.45, 7) is 4.27. The molecule has 1 aromatic carbocycles. The number of benzene rings is 1. The van der Waals surface area contributed by atoms with Crippen molar-refractivity contribution < 1.29 is 9.84 Å². The molecule has 0 aromatic heterocycles. The van der Waals surface area contributed by atoms with Crippen LogP contribution in [0.1, 0.15) is 19.4 Å². The van der Waals surface area contributed by atoms with Crippen molar-refractivity contribution in [2.45, 2.75) is 31.6 Å². The van der Waals surface area contributed by atoms with Crippen molar-refractivity contribution >= 4 is 27.7 Å². The molecular formula is C13H19BrO2S. The summed E-state index contributed by atoms with van der Waals surface area (Å²) in [5.74, 6) is 1.59. The number of aliphatic hydroxyl groups excluding tert-OH is 1. The van der Waals surface area contributed by atoms with Gasteiger partial charge in [-0.15, -0.1) is 0 Å². The van der Waals surface area contributed by atoms with E-state index in [-0.39, 0.29) is 6.10 Å². The molecule has 2 nitrogen and oxygen atoms in total. The first-order chi connectivity index (χ1) is 8.02. The first kappa shape index (κ1) is 14.9. The van der Waals surface area contributed by atoms with Crippen molar-refractivity contribution in [3.63, 3.8) is 0 Å². The van der Waals surface area contributed by atoms with Gasteiger partial charge in [-0.1, -0.05) is 29.8 Å². The Morgan fingerprint density at radius 2 is 2.12 bits per heavy atom. The molecule has 1 atom stereocenters. The fourth-order valence-corrected chi connectivity index (χ4v) is 2.66. The second-order valence-corrected chi connectivity index (χ2v) is 6.72. The molecule has 0 spiro atoms. The minimum Gasteiger partial charge on any atom is -0.496 e. The first-order valence-electron chi connectivity index (χ1n) is 5.65. The lowest BCUT2D eigenvalue weighted by molar-refractivity contribution is 0.198. The summed E-state index contributed by atoms with van der Waals surface area (Å²) < 4.78 is 6.30. The summed E-state index contributed by atoms with van der Waals surface area (Å²) in [4.78, 5) is 0. The van der Waals surface area contributed by atoms with Gasteiger partial charge in [-0.25, -0.2) is 0 Å². The van der Waals surface area contributed by atoms with Gasteiger partial charge in [-0.05, 0) is 29.0 Å². The summed E-state index contributed by atoms with van der Waals surface area (Å²) in [5, 5.41) is 10.5. The standard InChI is InChI=1S/C13H19BrO2S/c1-9(2)17-8-12(15)7-10-6-11(14)4-5-13(10)16-3/h4-6,9,12,15H,7-8H2,1-3H3. The summed E-state index contributed by atoms with van der Waals surface area (Å²) in [7, 11) is 1.65. The predicted molar refractivity (Wildman–Crippen MR) is 78.0 cm³/mol. The lowest BCUT2D eigenvalue weighted by Gasteiger charge is -2.14. The molecular weight excluding hydrogens is 300 g/mol. The van der Waals surface area contributed by atoms with E-state index in [0.29, 0.717) is 11.7 Å². The number of halogens is 1. The molecule has 0 aliphatic heterocycles. The Balaban J connectivity index is 2.63. The Kier molecular flexibility index (Phi) is 6.38. The highest BCUT2D eigenvalue weighted by atomic mass is 79.9. The van der Waals surface area contributed by atoms with E-state index in [2.05, 4.69) is 29.8 Å². The lowest BCUT2D eigenvalue weighted by atomic mass is 10.1. The van der Waals surface area contributed by atoms with Crippen LogP contribution in [0.15, 0.2) is 22.7 Å². The van der Waals surface area contributed by atoms with Gasteiger partial charge in [-0.2, -0.15) is 11.8 Å².